The Bertz CT molecular complexity index is 558. The van der Waals surface area contributed by atoms with Crippen molar-refractivity contribution >= 4 is 0 Å². The predicted molar refractivity (Wildman–Crippen MR) is 76.0 cm³/mol. The second kappa shape index (κ2) is 6.09. The van der Waals surface area contributed by atoms with E-state index >= 15 is 0 Å². The highest BCUT2D eigenvalue weighted by molar-refractivity contribution is 5.23. The maximum atomic E-state index is 13.4. The van der Waals surface area contributed by atoms with Crippen LogP contribution in [0.25, 0.3) is 0 Å². The summed E-state index contributed by atoms with van der Waals surface area (Å²) in [6, 6.07) is 10.1. The topological polar surface area (TPSA) is 34.4 Å². The van der Waals surface area contributed by atoms with Gasteiger partial charge in [0.15, 0.2) is 11.6 Å². The number of rotatable bonds is 5. The summed E-state index contributed by atoms with van der Waals surface area (Å²) in [7, 11) is 0. The molecule has 0 bridgehead atoms. The third-order valence-corrected chi connectivity index (χ3v) is 2.72. The van der Waals surface area contributed by atoms with Crippen molar-refractivity contribution in [2.45, 2.75) is 39.5 Å². The van der Waals surface area contributed by atoms with Gasteiger partial charge in [0.05, 0.1) is 6.54 Å². The molecule has 1 N–H and O–H groups in total. The zero-order chi connectivity index (χ0) is 14.6. The molecule has 2 rings (SSSR count). The van der Waals surface area contributed by atoms with Crippen LogP contribution in [0, 0.1) is 5.82 Å². The number of benzene rings is 1. The highest BCUT2D eigenvalue weighted by Gasteiger charge is 2.10. The number of para-hydroxylation sites is 1. The first-order chi connectivity index (χ1) is 9.44. The largest absolute Gasteiger partial charge is 0.483 e. The summed E-state index contributed by atoms with van der Waals surface area (Å²) in [4.78, 5) is 0. The van der Waals surface area contributed by atoms with E-state index in [0.29, 0.717) is 12.3 Å². The Kier molecular flexibility index (Phi) is 4.45. The SMILES string of the molecule is CC(C)(C)NCc1ccc(COc2ccccc2F)o1. The van der Waals surface area contributed by atoms with Crippen LogP contribution in [0.3, 0.4) is 0 Å². The van der Waals surface area contributed by atoms with E-state index in [1.54, 1.807) is 18.2 Å². The molecule has 0 unspecified atom stereocenters. The number of hydrogen-bond acceptors (Lipinski definition) is 3. The minimum Gasteiger partial charge on any atom is -0.483 e. The molecule has 0 amide bonds. The van der Waals surface area contributed by atoms with Gasteiger partial charge in [0, 0.05) is 5.54 Å². The highest BCUT2D eigenvalue weighted by Crippen LogP contribution is 2.18. The smallest absolute Gasteiger partial charge is 0.165 e. The van der Waals surface area contributed by atoms with E-state index in [1.807, 2.05) is 12.1 Å². The Morgan fingerprint density at radius 1 is 1.10 bits per heavy atom. The minimum atomic E-state index is -0.367. The standard InChI is InChI=1S/C16H20FNO2/c1-16(2,3)18-10-12-8-9-13(20-12)11-19-15-7-5-4-6-14(15)17/h4-9,18H,10-11H2,1-3H3. The lowest BCUT2D eigenvalue weighted by atomic mass is 10.1. The van der Waals surface area contributed by atoms with E-state index in [-0.39, 0.29) is 23.7 Å². The van der Waals surface area contributed by atoms with Crippen molar-refractivity contribution in [2.75, 3.05) is 0 Å². The molecule has 0 aliphatic carbocycles. The van der Waals surface area contributed by atoms with E-state index in [1.165, 1.54) is 6.07 Å². The zero-order valence-electron chi connectivity index (χ0n) is 12.1. The first-order valence-corrected chi connectivity index (χ1v) is 6.64. The molecule has 0 fully saturated rings. The van der Waals surface area contributed by atoms with Crippen LogP contribution >= 0.6 is 0 Å². The average Bonchev–Trinajstić information content (AvgIpc) is 2.83. The van der Waals surface area contributed by atoms with Crippen molar-refractivity contribution in [2.24, 2.45) is 0 Å². The molecule has 2 aromatic rings. The van der Waals surface area contributed by atoms with E-state index in [2.05, 4.69) is 26.1 Å². The second-order valence-electron chi connectivity index (χ2n) is 5.69. The molecular weight excluding hydrogens is 257 g/mol. The summed E-state index contributed by atoms with van der Waals surface area (Å²) in [5.41, 5.74) is 0.0383. The van der Waals surface area contributed by atoms with Gasteiger partial charge in [-0.3, -0.25) is 0 Å². The summed E-state index contributed by atoms with van der Waals surface area (Å²) in [6.45, 7) is 7.16. The highest BCUT2D eigenvalue weighted by atomic mass is 19.1. The van der Waals surface area contributed by atoms with Gasteiger partial charge in [-0.25, -0.2) is 4.39 Å². The molecule has 0 aliphatic rings. The van der Waals surface area contributed by atoms with E-state index < -0.39 is 0 Å². The summed E-state index contributed by atoms with van der Waals surface area (Å²) in [5, 5.41) is 3.34. The lowest BCUT2D eigenvalue weighted by molar-refractivity contribution is 0.252. The number of furan rings is 1. The molecule has 0 saturated heterocycles. The van der Waals surface area contributed by atoms with Crippen LogP contribution in [0.4, 0.5) is 4.39 Å². The number of nitrogens with one attached hydrogen (secondary N) is 1. The van der Waals surface area contributed by atoms with Gasteiger partial charge in [0.2, 0.25) is 0 Å². The van der Waals surface area contributed by atoms with Crippen molar-refractivity contribution in [3.05, 3.63) is 53.7 Å². The molecule has 108 valence electrons. The van der Waals surface area contributed by atoms with Gasteiger partial charge < -0.3 is 14.5 Å². The zero-order valence-corrected chi connectivity index (χ0v) is 12.1. The van der Waals surface area contributed by atoms with Crippen LogP contribution in [-0.2, 0) is 13.2 Å². The maximum Gasteiger partial charge on any atom is 0.165 e. The Labute approximate surface area is 118 Å². The number of halogens is 1. The molecule has 0 saturated carbocycles. The van der Waals surface area contributed by atoms with Crippen LogP contribution in [0.2, 0.25) is 0 Å². The fourth-order valence-electron chi connectivity index (χ4n) is 1.66. The lowest BCUT2D eigenvalue weighted by Crippen LogP contribution is -2.34. The normalized spacial score (nSPS) is 11.6. The molecule has 0 radical (unpaired) electrons. The van der Waals surface area contributed by atoms with Crippen molar-refractivity contribution in [1.29, 1.82) is 0 Å². The summed E-state index contributed by atoms with van der Waals surface area (Å²) in [5.74, 6) is 1.39. The van der Waals surface area contributed by atoms with E-state index in [4.69, 9.17) is 9.15 Å². The van der Waals surface area contributed by atoms with Crippen LogP contribution < -0.4 is 10.1 Å². The van der Waals surface area contributed by atoms with Gasteiger partial charge in [0.25, 0.3) is 0 Å². The summed E-state index contributed by atoms with van der Waals surface area (Å²) >= 11 is 0. The van der Waals surface area contributed by atoms with Crippen LogP contribution in [-0.4, -0.2) is 5.54 Å². The molecule has 1 aromatic heterocycles. The Hall–Kier alpha value is -1.81. The molecule has 0 spiro atoms. The van der Waals surface area contributed by atoms with Gasteiger partial charge in [-0.15, -0.1) is 0 Å². The van der Waals surface area contributed by atoms with Crippen molar-refractivity contribution in [3.63, 3.8) is 0 Å². The quantitative estimate of drug-likeness (QED) is 0.900. The molecule has 1 aromatic carbocycles. The molecule has 3 nitrogen and oxygen atoms in total. The van der Waals surface area contributed by atoms with Crippen molar-refractivity contribution in [1.82, 2.24) is 5.32 Å². The van der Waals surface area contributed by atoms with Crippen LogP contribution in [0.15, 0.2) is 40.8 Å². The van der Waals surface area contributed by atoms with Crippen molar-refractivity contribution < 1.29 is 13.5 Å². The monoisotopic (exact) mass is 277 g/mol. The number of ether oxygens (including phenoxy) is 1. The molecule has 4 heteroatoms. The summed E-state index contributed by atoms with van der Waals surface area (Å²) < 4.78 is 24.4. The Balaban J connectivity index is 1.89. The van der Waals surface area contributed by atoms with Gasteiger partial charge in [-0.05, 0) is 45.0 Å². The lowest BCUT2D eigenvalue weighted by Gasteiger charge is -2.19. The fourth-order valence-corrected chi connectivity index (χ4v) is 1.66. The van der Waals surface area contributed by atoms with Crippen LogP contribution in [0.5, 0.6) is 5.75 Å². The van der Waals surface area contributed by atoms with Crippen LogP contribution in [0.1, 0.15) is 32.3 Å². The molecule has 20 heavy (non-hydrogen) atoms. The first kappa shape index (κ1) is 14.6. The van der Waals surface area contributed by atoms with Gasteiger partial charge >= 0.3 is 0 Å². The predicted octanol–water partition coefficient (Wildman–Crippen LogP) is 3.89. The van der Waals surface area contributed by atoms with Gasteiger partial charge in [-0.1, -0.05) is 12.1 Å². The third kappa shape index (κ3) is 4.38. The molecule has 0 atom stereocenters. The van der Waals surface area contributed by atoms with Gasteiger partial charge in [0.1, 0.15) is 18.1 Å². The van der Waals surface area contributed by atoms with E-state index in [0.717, 1.165) is 5.76 Å². The molecular formula is C16H20FNO2. The Morgan fingerprint density at radius 2 is 1.80 bits per heavy atom. The fraction of sp³-hybridized carbons (Fsp3) is 0.375. The van der Waals surface area contributed by atoms with Crippen molar-refractivity contribution in [3.8, 4) is 5.75 Å². The summed E-state index contributed by atoms with van der Waals surface area (Å²) in [6.07, 6.45) is 0. The van der Waals surface area contributed by atoms with Gasteiger partial charge in [-0.2, -0.15) is 0 Å². The number of hydrogen-bond donors (Lipinski definition) is 1. The minimum absolute atomic E-state index is 0.0383. The third-order valence-electron chi connectivity index (χ3n) is 2.72. The maximum absolute atomic E-state index is 13.4. The second-order valence-corrected chi connectivity index (χ2v) is 5.69. The average molecular weight is 277 g/mol. The van der Waals surface area contributed by atoms with E-state index in [9.17, 15) is 4.39 Å². The molecule has 1 heterocycles. The first-order valence-electron chi connectivity index (χ1n) is 6.64. The molecule has 0 aliphatic heterocycles. The Morgan fingerprint density at radius 3 is 2.50 bits per heavy atom.